The zero-order valence-electron chi connectivity index (χ0n) is 18.0. The molecule has 3 aromatic rings. The minimum absolute atomic E-state index is 0.0241. The number of anilines is 1. The first-order chi connectivity index (χ1) is 14.4. The van der Waals surface area contributed by atoms with Gasteiger partial charge < -0.3 is 4.90 Å². The third-order valence-corrected chi connectivity index (χ3v) is 5.35. The molecule has 0 aliphatic heterocycles. The Morgan fingerprint density at radius 1 is 1.00 bits per heavy atom. The van der Waals surface area contributed by atoms with Crippen LogP contribution >= 0.6 is 0 Å². The van der Waals surface area contributed by atoms with Gasteiger partial charge in [-0.3, -0.25) is 19.6 Å². The Labute approximate surface area is 177 Å². The van der Waals surface area contributed by atoms with Gasteiger partial charge in [0, 0.05) is 49.2 Å². The molecular weight excluding hydrogens is 374 g/mol. The Morgan fingerprint density at radius 3 is 2.40 bits per heavy atom. The van der Waals surface area contributed by atoms with Crippen molar-refractivity contribution in [3.63, 3.8) is 0 Å². The fourth-order valence-corrected chi connectivity index (χ4v) is 3.47. The fourth-order valence-electron chi connectivity index (χ4n) is 3.47. The van der Waals surface area contributed by atoms with E-state index in [1.165, 1.54) is 0 Å². The predicted molar refractivity (Wildman–Crippen MR) is 120 cm³/mol. The molecule has 0 N–H and O–H groups in total. The highest BCUT2D eigenvalue weighted by Gasteiger charge is 2.13. The lowest BCUT2D eigenvalue weighted by atomic mass is 10.0. The average Bonchev–Trinajstić information content (AvgIpc) is 2.77. The Kier molecular flexibility index (Phi) is 6.72. The quantitative estimate of drug-likeness (QED) is 0.526. The van der Waals surface area contributed by atoms with Gasteiger partial charge in [0.05, 0.1) is 0 Å². The summed E-state index contributed by atoms with van der Waals surface area (Å²) in [6, 6.07) is 13.6. The van der Waals surface area contributed by atoms with Crippen molar-refractivity contribution in [2.45, 2.75) is 40.0 Å². The van der Waals surface area contributed by atoms with Gasteiger partial charge in [-0.1, -0.05) is 25.1 Å². The maximum absolute atomic E-state index is 12.5. The van der Waals surface area contributed by atoms with E-state index in [2.05, 4.69) is 9.97 Å². The standard InChI is InChI=1S/C25H27N3O2/c1-5-25(30)28(4)23-12-9-20(15-17(23)2)21-8-11-22(27-16-21)24(29)13-10-19-7-6-14-26-18(19)3/h6-9,11-12,14-16H,5,10,13H2,1-4H3. The Hall–Kier alpha value is -3.34. The van der Waals surface area contributed by atoms with Crippen molar-refractivity contribution < 1.29 is 9.59 Å². The van der Waals surface area contributed by atoms with Crippen molar-refractivity contribution in [1.29, 1.82) is 0 Å². The number of hydrogen-bond acceptors (Lipinski definition) is 4. The summed E-state index contributed by atoms with van der Waals surface area (Å²) in [7, 11) is 1.79. The number of carbonyl (C=O) groups excluding carboxylic acids is 2. The average molecular weight is 402 g/mol. The SMILES string of the molecule is CCC(=O)N(C)c1ccc(-c2ccc(C(=O)CCc3cccnc3C)nc2)cc1C. The van der Waals surface area contributed by atoms with E-state index in [4.69, 9.17) is 0 Å². The lowest BCUT2D eigenvalue weighted by Gasteiger charge is -2.19. The van der Waals surface area contributed by atoms with Gasteiger partial charge in [0.2, 0.25) is 5.91 Å². The molecule has 2 aromatic heterocycles. The van der Waals surface area contributed by atoms with Crippen molar-refractivity contribution in [2.75, 3.05) is 11.9 Å². The van der Waals surface area contributed by atoms with Gasteiger partial charge in [0.15, 0.2) is 5.78 Å². The molecule has 1 amide bonds. The summed E-state index contributed by atoms with van der Waals surface area (Å²) in [5.41, 5.74) is 6.38. The van der Waals surface area contributed by atoms with Crippen LogP contribution < -0.4 is 4.90 Å². The largest absolute Gasteiger partial charge is 0.315 e. The molecule has 5 heteroatoms. The van der Waals surface area contributed by atoms with Crippen LogP contribution in [0.25, 0.3) is 11.1 Å². The van der Waals surface area contributed by atoms with E-state index in [0.717, 1.165) is 33.6 Å². The number of aromatic nitrogens is 2. The van der Waals surface area contributed by atoms with Crippen LogP contribution in [0.4, 0.5) is 5.69 Å². The molecule has 0 saturated heterocycles. The second-order valence-electron chi connectivity index (χ2n) is 7.41. The van der Waals surface area contributed by atoms with Gasteiger partial charge in [-0.25, -0.2) is 0 Å². The van der Waals surface area contributed by atoms with Crippen LogP contribution in [0.1, 0.15) is 47.1 Å². The molecule has 0 radical (unpaired) electrons. The molecule has 0 bridgehead atoms. The normalized spacial score (nSPS) is 10.7. The van der Waals surface area contributed by atoms with Crippen molar-refractivity contribution >= 4 is 17.4 Å². The molecule has 0 aliphatic carbocycles. The van der Waals surface area contributed by atoms with E-state index in [0.29, 0.717) is 25.0 Å². The van der Waals surface area contributed by atoms with Gasteiger partial charge in [0.1, 0.15) is 5.69 Å². The number of pyridine rings is 2. The molecule has 30 heavy (non-hydrogen) atoms. The number of carbonyl (C=O) groups is 2. The number of Topliss-reactive ketones (excluding diaryl/α,β-unsaturated/α-hetero) is 1. The fraction of sp³-hybridized carbons (Fsp3) is 0.280. The first kappa shape index (κ1) is 21.4. The summed E-state index contributed by atoms with van der Waals surface area (Å²) in [6.45, 7) is 5.80. The molecule has 0 spiro atoms. The molecular formula is C25H27N3O2. The molecule has 5 nitrogen and oxygen atoms in total. The number of benzene rings is 1. The number of nitrogens with zero attached hydrogens (tertiary/aromatic N) is 3. The molecule has 0 fully saturated rings. The minimum Gasteiger partial charge on any atom is -0.315 e. The first-order valence-electron chi connectivity index (χ1n) is 10.2. The number of ketones is 1. The van der Waals surface area contributed by atoms with Crippen LogP contribution in [0, 0.1) is 13.8 Å². The highest BCUT2D eigenvalue weighted by Crippen LogP contribution is 2.27. The van der Waals surface area contributed by atoms with E-state index >= 15 is 0 Å². The maximum atomic E-state index is 12.5. The smallest absolute Gasteiger partial charge is 0.226 e. The van der Waals surface area contributed by atoms with Gasteiger partial charge in [-0.15, -0.1) is 0 Å². The second kappa shape index (κ2) is 9.44. The van der Waals surface area contributed by atoms with Crippen LogP contribution in [0.3, 0.4) is 0 Å². The second-order valence-corrected chi connectivity index (χ2v) is 7.41. The van der Waals surface area contributed by atoms with Crippen LogP contribution in [0.5, 0.6) is 0 Å². The van der Waals surface area contributed by atoms with E-state index < -0.39 is 0 Å². The van der Waals surface area contributed by atoms with E-state index in [-0.39, 0.29) is 11.7 Å². The Bertz CT molecular complexity index is 1060. The lowest BCUT2D eigenvalue weighted by Crippen LogP contribution is -2.25. The molecule has 0 saturated carbocycles. The topological polar surface area (TPSA) is 63.2 Å². The van der Waals surface area contributed by atoms with E-state index in [1.807, 2.05) is 57.2 Å². The minimum atomic E-state index is 0.0241. The molecule has 154 valence electrons. The van der Waals surface area contributed by atoms with Gasteiger partial charge >= 0.3 is 0 Å². The van der Waals surface area contributed by atoms with Gasteiger partial charge in [0.25, 0.3) is 0 Å². The van der Waals surface area contributed by atoms with Crippen LogP contribution in [-0.2, 0) is 11.2 Å². The molecule has 0 aliphatic rings. The summed E-state index contributed by atoms with van der Waals surface area (Å²) in [5.74, 6) is 0.105. The van der Waals surface area contributed by atoms with Crippen LogP contribution in [-0.4, -0.2) is 28.7 Å². The number of amides is 1. The Balaban J connectivity index is 1.71. The van der Waals surface area contributed by atoms with Crippen molar-refractivity contribution in [3.8, 4) is 11.1 Å². The van der Waals surface area contributed by atoms with Crippen LogP contribution in [0.2, 0.25) is 0 Å². The highest BCUT2D eigenvalue weighted by molar-refractivity contribution is 5.95. The van der Waals surface area contributed by atoms with Crippen molar-refractivity contribution in [2.24, 2.45) is 0 Å². The lowest BCUT2D eigenvalue weighted by molar-refractivity contribution is -0.118. The van der Waals surface area contributed by atoms with Crippen molar-refractivity contribution in [1.82, 2.24) is 9.97 Å². The van der Waals surface area contributed by atoms with E-state index in [9.17, 15) is 9.59 Å². The number of aryl methyl sites for hydroxylation is 3. The summed E-state index contributed by atoms with van der Waals surface area (Å²) < 4.78 is 0. The first-order valence-corrected chi connectivity index (χ1v) is 10.2. The number of rotatable bonds is 7. The van der Waals surface area contributed by atoms with Crippen LogP contribution in [0.15, 0.2) is 54.9 Å². The number of hydrogen-bond donors (Lipinski definition) is 0. The summed E-state index contributed by atoms with van der Waals surface area (Å²) in [5, 5.41) is 0. The van der Waals surface area contributed by atoms with Gasteiger partial charge in [-0.05, 0) is 61.2 Å². The highest BCUT2D eigenvalue weighted by atomic mass is 16.2. The zero-order chi connectivity index (χ0) is 21.7. The molecule has 2 heterocycles. The Morgan fingerprint density at radius 2 is 1.77 bits per heavy atom. The zero-order valence-corrected chi connectivity index (χ0v) is 18.0. The summed E-state index contributed by atoms with van der Waals surface area (Å²) in [6.07, 6.45) is 5.03. The van der Waals surface area contributed by atoms with Gasteiger partial charge in [-0.2, -0.15) is 0 Å². The summed E-state index contributed by atoms with van der Waals surface area (Å²) >= 11 is 0. The third-order valence-electron chi connectivity index (χ3n) is 5.35. The van der Waals surface area contributed by atoms with E-state index in [1.54, 1.807) is 30.4 Å². The van der Waals surface area contributed by atoms with Crippen molar-refractivity contribution in [3.05, 3.63) is 77.4 Å². The maximum Gasteiger partial charge on any atom is 0.226 e. The monoisotopic (exact) mass is 401 g/mol. The molecule has 0 unspecified atom stereocenters. The third kappa shape index (κ3) is 4.79. The predicted octanol–water partition coefficient (Wildman–Crippen LogP) is 4.95. The summed E-state index contributed by atoms with van der Waals surface area (Å²) in [4.78, 5) is 34.8. The molecule has 0 atom stereocenters. The molecule has 3 rings (SSSR count). The molecule has 1 aromatic carbocycles.